The van der Waals surface area contributed by atoms with Crippen LogP contribution in [0.2, 0.25) is 0 Å². The largest absolute Gasteiger partial charge is 0.356 e. The van der Waals surface area contributed by atoms with Crippen LogP contribution in [0.25, 0.3) is 16.4 Å². The van der Waals surface area contributed by atoms with Crippen LogP contribution in [0.3, 0.4) is 0 Å². The highest BCUT2D eigenvalue weighted by Crippen LogP contribution is 2.13. The van der Waals surface area contributed by atoms with E-state index >= 15 is 0 Å². The molecule has 0 aliphatic carbocycles. The predicted molar refractivity (Wildman–Crippen MR) is 109 cm³/mol. The summed E-state index contributed by atoms with van der Waals surface area (Å²) >= 11 is 0. The lowest BCUT2D eigenvalue weighted by molar-refractivity contribution is -0.121. The zero-order chi connectivity index (χ0) is 20.2. The summed E-state index contributed by atoms with van der Waals surface area (Å²) in [4.78, 5) is 31.3. The van der Waals surface area contributed by atoms with Gasteiger partial charge in [-0.3, -0.25) is 9.59 Å². The Bertz CT molecular complexity index is 1230. The number of carbonyl (C=O) groups excluding carboxylic acids is 1. The summed E-state index contributed by atoms with van der Waals surface area (Å²) in [6.07, 6.45) is 5.91. The van der Waals surface area contributed by atoms with Crippen molar-refractivity contribution in [2.45, 2.75) is 25.7 Å². The van der Waals surface area contributed by atoms with Crippen molar-refractivity contribution in [3.8, 4) is 0 Å². The van der Waals surface area contributed by atoms with Gasteiger partial charge in [0.15, 0.2) is 0 Å². The minimum atomic E-state index is -0.399. The fraction of sp³-hybridized carbons (Fsp3) is 0.227. The van der Waals surface area contributed by atoms with Gasteiger partial charge in [-0.15, -0.1) is 0 Å². The molecule has 1 amide bonds. The number of rotatable bonds is 7. The van der Waals surface area contributed by atoms with Gasteiger partial charge in [-0.05, 0) is 54.6 Å². The summed E-state index contributed by atoms with van der Waals surface area (Å²) in [6.45, 7) is 0.550. The third-order valence-electron chi connectivity index (χ3n) is 4.92. The maximum atomic E-state index is 13.3. The van der Waals surface area contributed by atoms with Crippen molar-refractivity contribution in [2.24, 2.45) is 0 Å². The molecule has 4 aromatic rings. The first kappa shape index (κ1) is 18.9. The third kappa shape index (κ3) is 4.34. The van der Waals surface area contributed by atoms with E-state index in [1.807, 2.05) is 35.0 Å². The van der Waals surface area contributed by atoms with E-state index in [1.54, 1.807) is 12.1 Å². The number of amides is 1. The third-order valence-corrected chi connectivity index (χ3v) is 4.92. The van der Waals surface area contributed by atoms with E-state index in [2.05, 4.69) is 15.3 Å². The standard InChI is InChI=1S/C22H21FN4O2/c23-17-8-6-15-12-16(22(29)26-19(15)13-17)7-9-21(28)24-10-3-5-20-25-14-18-4-1-2-11-27(18)20/h1-2,4,6,8,11-14H,3,5,7,9-10H2,(H,24,28)(H,26,29). The van der Waals surface area contributed by atoms with Crippen molar-refractivity contribution in [2.75, 3.05) is 6.54 Å². The Morgan fingerprint density at radius 2 is 2.07 bits per heavy atom. The molecule has 3 heterocycles. The van der Waals surface area contributed by atoms with Crippen molar-refractivity contribution in [3.05, 3.63) is 82.4 Å². The molecular formula is C22H21FN4O2. The van der Waals surface area contributed by atoms with Crippen molar-refractivity contribution in [3.63, 3.8) is 0 Å². The summed E-state index contributed by atoms with van der Waals surface area (Å²) in [5.41, 5.74) is 1.73. The van der Waals surface area contributed by atoms with E-state index in [4.69, 9.17) is 0 Å². The molecule has 0 aliphatic heterocycles. The highest BCUT2D eigenvalue weighted by molar-refractivity contribution is 5.79. The zero-order valence-electron chi connectivity index (χ0n) is 15.8. The number of fused-ring (bicyclic) bond motifs is 2. The maximum absolute atomic E-state index is 13.3. The molecule has 0 aliphatic rings. The number of nitrogens with one attached hydrogen (secondary N) is 2. The molecule has 7 heteroatoms. The maximum Gasteiger partial charge on any atom is 0.251 e. The summed E-state index contributed by atoms with van der Waals surface area (Å²) in [5, 5.41) is 3.63. The topological polar surface area (TPSA) is 79.3 Å². The number of hydrogen-bond acceptors (Lipinski definition) is 3. The Balaban J connectivity index is 1.27. The summed E-state index contributed by atoms with van der Waals surface area (Å²) in [5.74, 6) is 0.467. The Hall–Kier alpha value is -3.48. The first-order valence-electron chi connectivity index (χ1n) is 9.59. The van der Waals surface area contributed by atoms with Crippen molar-refractivity contribution < 1.29 is 9.18 Å². The molecule has 0 bridgehead atoms. The van der Waals surface area contributed by atoms with Gasteiger partial charge in [0.2, 0.25) is 5.91 Å². The smallest absolute Gasteiger partial charge is 0.251 e. The normalized spacial score (nSPS) is 11.2. The molecule has 0 unspecified atom stereocenters. The predicted octanol–water partition coefficient (Wildman–Crippen LogP) is 3.00. The number of carbonyl (C=O) groups is 1. The second kappa shape index (κ2) is 8.26. The van der Waals surface area contributed by atoms with Crippen LogP contribution in [-0.4, -0.2) is 26.8 Å². The number of aromatic amines is 1. The monoisotopic (exact) mass is 392 g/mol. The Kier molecular flexibility index (Phi) is 5.37. The van der Waals surface area contributed by atoms with Crippen LogP contribution < -0.4 is 10.9 Å². The Morgan fingerprint density at radius 1 is 1.17 bits per heavy atom. The lowest BCUT2D eigenvalue weighted by Crippen LogP contribution is -2.26. The van der Waals surface area contributed by atoms with Crippen molar-refractivity contribution in [1.82, 2.24) is 19.7 Å². The van der Waals surface area contributed by atoms with Gasteiger partial charge in [0, 0.05) is 31.1 Å². The summed E-state index contributed by atoms with van der Waals surface area (Å²) < 4.78 is 15.3. The average Bonchev–Trinajstić information content (AvgIpc) is 3.13. The van der Waals surface area contributed by atoms with E-state index in [9.17, 15) is 14.0 Å². The second-order valence-corrected chi connectivity index (χ2v) is 6.98. The number of imidazole rings is 1. The summed E-state index contributed by atoms with van der Waals surface area (Å²) in [7, 11) is 0. The number of halogens is 1. The van der Waals surface area contributed by atoms with Crippen LogP contribution >= 0.6 is 0 Å². The van der Waals surface area contributed by atoms with Crippen molar-refractivity contribution >= 4 is 22.3 Å². The molecule has 4 rings (SSSR count). The van der Waals surface area contributed by atoms with Crippen LogP contribution in [0.1, 0.15) is 24.2 Å². The molecule has 0 fully saturated rings. The second-order valence-electron chi connectivity index (χ2n) is 6.98. The molecule has 6 nitrogen and oxygen atoms in total. The van der Waals surface area contributed by atoms with Gasteiger partial charge in [0.1, 0.15) is 11.6 Å². The zero-order valence-corrected chi connectivity index (χ0v) is 15.8. The number of aryl methyl sites for hydroxylation is 2. The molecule has 3 aromatic heterocycles. The number of hydrogen-bond donors (Lipinski definition) is 2. The van der Waals surface area contributed by atoms with E-state index in [1.165, 1.54) is 12.1 Å². The van der Waals surface area contributed by atoms with E-state index in [-0.39, 0.29) is 17.9 Å². The van der Waals surface area contributed by atoms with Gasteiger partial charge in [-0.2, -0.15) is 0 Å². The number of H-pyrrole nitrogens is 1. The van der Waals surface area contributed by atoms with Crippen LogP contribution in [-0.2, 0) is 17.6 Å². The van der Waals surface area contributed by atoms with Crippen LogP contribution in [0.15, 0.2) is 59.7 Å². The molecular weight excluding hydrogens is 371 g/mol. The lowest BCUT2D eigenvalue weighted by atomic mass is 10.1. The molecule has 29 heavy (non-hydrogen) atoms. The molecule has 0 saturated heterocycles. The van der Waals surface area contributed by atoms with E-state index in [0.717, 1.165) is 29.6 Å². The lowest BCUT2D eigenvalue weighted by Gasteiger charge is -2.06. The highest BCUT2D eigenvalue weighted by atomic mass is 19.1. The first-order valence-corrected chi connectivity index (χ1v) is 9.59. The quantitative estimate of drug-likeness (QED) is 0.475. The van der Waals surface area contributed by atoms with Gasteiger partial charge in [-0.25, -0.2) is 9.37 Å². The number of pyridine rings is 2. The fourth-order valence-electron chi connectivity index (χ4n) is 3.40. The average molecular weight is 392 g/mol. The van der Waals surface area contributed by atoms with E-state index < -0.39 is 5.82 Å². The molecule has 0 saturated carbocycles. The fourth-order valence-corrected chi connectivity index (χ4v) is 3.40. The minimum Gasteiger partial charge on any atom is -0.356 e. The van der Waals surface area contributed by atoms with Crippen LogP contribution in [0.5, 0.6) is 0 Å². The van der Waals surface area contributed by atoms with Gasteiger partial charge in [0.05, 0.1) is 17.2 Å². The minimum absolute atomic E-state index is 0.100. The van der Waals surface area contributed by atoms with Gasteiger partial charge in [0.25, 0.3) is 5.56 Å². The molecule has 0 radical (unpaired) electrons. The van der Waals surface area contributed by atoms with Crippen molar-refractivity contribution in [1.29, 1.82) is 0 Å². The highest BCUT2D eigenvalue weighted by Gasteiger charge is 2.08. The number of nitrogens with zero attached hydrogens (tertiary/aromatic N) is 2. The number of aromatic nitrogens is 3. The van der Waals surface area contributed by atoms with Gasteiger partial charge >= 0.3 is 0 Å². The Labute approximate surface area is 166 Å². The molecule has 0 atom stereocenters. The summed E-state index contributed by atoms with van der Waals surface area (Å²) in [6, 6.07) is 11.9. The van der Waals surface area contributed by atoms with Gasteiger partial charge in [-0.1, -0.05) is 6.07 Å². The first-order chi connectivity index (χ1) is 14.1. The molecule has 0 spiro atoms. The van der Waals surface area contributed by atoms with E-state index in [0.29, 0.717) is 24.0 Å². The van der Waals surface area contributed by atoms with Crippen LogP contribution in [0, 0.1) is 5.82 Å². The molecule has 148 valence electrons. The SMILES string of the molecule is O=C(CCc1cc2ccc(F)cc2[nH]c1=O)NCCCc1ncc2ccccn12. The van der Waals surface area contributed by atoms with Crippen LogP contribution in [0.4, 0.5) is 4.39 Å². The molecule has 1 aromatic carbocycles. The number of benzene rings is 1. The molecule has 2 N–H and O–H groups in total. The van der Waals surface area contributed by atoms with Gasteiger partial charge < -0.3 is 14.7 Å². The Morgan fingerprint density at radius 3 is 2.97 bits per heavy atom.